The maximum Gasteiger partial charge on any atom is 0.278 e. The van der Waals surface area contributed by atoms with Gasteiger partial charge in [0.25, 0.3) is 5.91 Å². The number of hydrogen-bond acceptors (Lipinski definition) is 4. The third kappa shape index (κ3) is 6.05. The van der Waals surface area contributed by atoms with E-state index < -0.39 is 30.5 Å². The van der Waals surface area contributed by atoms with E-state index in [-0.39, 0.29) is 12.3 Å². The topological polar surface area (TPSA) is 126 Å². The fourth-order valence-electron chi connectivity index (χ4n) is 1.66. The summed E-state index contributed by atoms with van der Waals surface area (Å²) in [5.74, 6) is -2.34. The molecule has 7 nitrogen and oxygen atoms in total. The molecule has 2 atom stereocenters. The maximum atomic E-state index is 12.0. The summed E-state index contributed by atoms with van der Waals surface area (Å²) >= 11 is 0. The standard InChI is InChI=1S/C14H19N3O4/c1-9(15)13(20)17-11(14(21)16-8-12(18)19)7-10-5-3-2-4-6-10/h2-6,9,11H,7-8,15H2,1H3,(H,16,21)(H,17,20)(H,18,19)/t9-,11-/m0/s1. The molecule has 0 bridgehead atoms. The number of aliphatic carboxylic acids is 1. The van der Waals surface area contributed by atoms with Crippen LogP contribution in [0.4, 0.5) is 0 Å². The Morgan fingerprint density at radius 2 is 1.81 bits per heavy atom. The van der Waals surface area contributed by atoms with Crippen LogP contribution in [0.1, 0.15) is 12.5 Å². The van der Waals surface area contributed by atoms with E-state index in [2.05, 4.69) is 16.4 Å². The summed E-state index contributed by atoms with van der Waals surface area (Å²) in [6.45, 7) is 1.01. The lowest BCUT2D eigenvalue weighted by Gasteiger charge is -2.19. The number of carboxylic acid groups (broad SMARTS) is 1. The van der Waals surface area contributed by atoms with Gasteiger partial charge in [0.05, 0.1) is 12.5 Å². The molecule has 0 aliphatic carbocycles. The Labute approximate surface area is 122 Å². The van der Waals surface area contributed by atoms with Crippen LogP contribution in [0.3, 0.4) is 0 Å². The van der Waals surface area contributed by atoms with Gasteiger partial charge in [0.1, 0.15) is 6.04 Å². The molecule has 0 aliphatic rings. The van der Waals surface area contributed by atoms with Crippen LogP contribution in [0.5, 0.6) is 0 Å². The molecular formula is C14H19N3O4. The summed E-state index contributed by atoms with van der Waals surface area (Å²) in [6, 6.07) is 7.73. The van der Waals surface area contributed by atoms with Gasteiger partial charge >= 0.3 is 0 Å². The largest absolute Gasteiger partial charge is 0.548 e. The van der Waals surface area contributed by atoms with Crippen LogP contribution in [-0.2, 0) is 20.8 Å². The third-order valence-electron chi connectivity index (χ3n) is 2.77. The summed E-state index contributed by atoms with van der Waals surface area (Å²) in [4.78, 5) is 34.1. The van der Waals surface area contributed by atoms with Crippen molar-refractivity contribution >= 4 is 17.8 Å². The zero-order valence-corrected chi connectivity index (χ0v) is 11.8. The lowest BCUT2D eigenvalue weighted by molar-refractivity contribution is -0.398. The van der Waals surface area contributed by atoms with Crippen LogP contribution >= 0.6 is 0 Å². The number of carbonyl (C=O) groups is 3. The highest BCUT2D eigenvalue weighted by Gasteiger charge is 2.23. The molecule has 0 radical (unpaired) electrons. The minimum atomic E-state index is -1.39. The molecule has 0 saturated heterocycles. The SMILES string of the molecule is C[C@H]([NH3+])C(=O)N[C@@H](Cc1ccccc1)C(=O)NCC(=O)[O-]. The van der Waals surface area contributed by atoms with E-state index >= 15 is 0 Å². The first-order valence-electron chi connectivity index (χ1n) is 6.55. The molecule has 0 unspecified atom stereocenters. The molecule has 5 N–H and O–H groups in total. The van der Waals surface area contributed by atoms with Gasteiger partial charge in [-0.15, -0.1) is 0 Å². The number of hydrogen-bond donors (Lipinski definition) is 3. The first-order chi connectivity index (χ1) is 9.90. The summed E-state index contributed by atoms with van der Waals surface area (Å²) in [6.07, 6.45) is 0.262. The van der Waals surface area contributed by atoms with Gasteiger partial charge < -0.3 is 26.3 Å². The number of rotatable bonds is 7. The van der Waals surface area contributed by atoms with Crippen LogP contribution in [-0.4, -0.2) is 36.4 Å². The van der Waals surface area contributed by atoms with Crippen molar-refractivity contribution in [2.75, 3.05) is 6.54 Å². The van der Waals surface area contributed by atoms with E-state index in [9.17, 15) is 19.5 Å². The van der Waals surface area contributed by atoms with Crippen LogP contribution in [0.2, 0.25) is 0 Å². The van der Waals surface area contributed by atoms with Crippen molar-refractivity contribution in [3.8, 4) is 0 Å². The smallest absolute Gasteiger partial charge is 0.278 e. The average molecular weight is 293 g/mol. The molecule has 1 rings (SSSR count). The van der Waals surface area contributed by atoms with Gasteiger partial charge in [-0.1, -0.05) is 30.3 Å². The molecule has 0 saturated carbocycles. The predicted molar refractivity (Wildman–Crippen MR) is 72.4 cm³/mol. The zero-order chi connectivity index (χ0) is 15.8. The molecule has 0 heterocycles. The van der Waals surface area contributed by atoms with Gasteiger partial charge in [0.15, 0.2) is 6.04 Å². The highest BCUT2D eigenvalue weighted by atomic mass is 16.4. The Morgan fingerprint density at radius 3 is 2.33 bits per heavy atom. The van der Waals surface area contributed by atoms with Crippen LogP contribution in [0, 0.1) is 0 Å². The molecule has 7 heteroatoms. The van der Waals surface area contributed by atoms with Crippen molar-refractivity contribution in [1.29, 1.82) is 0 Å². The lowest BCUT2D eigenvalue weighted by Crippen LogP contribution is -2.67. The predicted octanol–water partition coefficient (Wildman–Crippen LogP) is -2.79. The number of benzene rings is 1. The van der Waals surface area contributed by atoms with Crippen LogP contribution in [0.25, 0.3) is 0 Å². The second kappa shape index (κ2) is 8.01. The van der Waals surface area contributed by atoms with Gasteiger partial charge in [-0.05, 0) is 12.5 Å². The molecule has 0 spiro atoms. The summed E-state index contributed by atoms with van der Waals surface area (Å²) in [7, 11) is 0. The summed E-state index contributed by atoms with van der Waals surface area (Å²) in [5, 5.41) is 15.2. The van der Waals surface area contributed by atoms with E-state index in [0.29, 0.717) is 0 Å². The van der Waals surface area contributed by atoms with E-state index in [1.165, 1.54) is 0 Å². The molecule has 1 aromatic carbocycles. The molecular weight excluding hydrogens is 274 g/mol. The fraction of sp³-hybridized carbons (Fsp3) is 0.357. The van der Waals surface area contributed by atoms with Crippen molar-refractivity contribution in [1.82, 2.24) is 10.6 Å². The minimum absolute atomic E-state index is 0.262. The normalized spacial score (nSPS) is 13.0. The second-order valence-electron chi connectivity index (χ2n) is 4.74. The van der Waals surface area contributed by atoms with Gasteiger partial charge in [-0.2, -0.15) is 0 Å². The number of carboxylic acids is 1. The van der Waals surface area contributed by atoms with Crippen molar-refractivity contribution in [2.24, 2.45) is 0 Å². The van der Waals surface area contributed by atoms with E-state index in [1.807, 2.05) is 30.3 Å². The molecule has 2 amide bonds. The number of quaternary nitrogens is 1. The monoisotopic (exact) mass is 293 g/mol. The van der Waals surface area contributed by atoms with Crippen molar-refractivity contribution in [2.45, 2.75) is 25.4 Å². The van der Waals surface area contributed by atoms with Crippen molar-refractivity contribution < 1.29 is 25.2 Å². The molecule has 0 fully saturated rings. The van der Waals surface area contributed by atoms with Gasteiger partial charge in [-0.3, -0.25) is 9.59 Å². The van der Waals surface area contributed by atoms with Gasteiger partial charge in [-0.25, -0.2) is 0 Å². The van der Waals surface area contributed by atoms with Crippen molar-refractivity contribution in [3.05, 3.63) is 35.9 Å². The molecule has 114 valence electrons. The van der Waals surface area contributed by atoms with Gasteiger partial charge in [0.2, 0.25) is 5.91 Å². The van der Waals surface area contributed by atoms with E-state index in [4.69, 9.17) is 0 Å². The highest BCUT2D eigenvalue weighted by Crippen LogP contribution is 2.03. The Bertz CT molecular complexity index is 502. The number of nitrogens with one attached hydrogen (secondary N) is 2. The zero-order valence-electron chi connectivity index (χ0n) is 11.8. The second-order valence-corrected chi connectivity index (χ2v) is 4.74. The molecule has 21 heavy (non-hydrogen) atoms. The molecule has 1 aromatic rings. The first kappa shape index (κ1) is 16.6. The van der Waals surface area contributed by atoms with Crippen LogP contribution in [0.15, 0.2) is 30.3 Å². The molecule has 0 aromatic heterocycles. The van der Waals surface area contributed by atoms with Gasteiger partial charge in [0, 0.05) is 6.42 Å². The summed E-state index contributed by atoms with van der Waals surface area (Å²) in [5.41, 5.74) is 4.43. The number of amides is 2. The Morgan fingerprint density at radius 1 is 1.19 bits per heavy atom. The van der Waals surface area contributed by atoms with E-state index in [0.717, 1.165) is 5.56 Å². The third-order valence-corrected chi connectivity index (χ3v) is 2.77. The average Bonchev–Trinajstić information content (AvgIpc) is 2.44. The Hall–Kier alpha value is -2.41. The van der Waals surface area contributed by atoms with Crippen LogP contribution < -0.4 is 21.5 Å². The maximum absolute atomic E-state index is 12.0. The molecule has 0 aliphatic heterocycles. The quantitative estimate of drug-likeness (QED) is 0.502. The van der Waals surface area contributed by atoms with Crippen molar-refractivity contribution in [3.63, 3.8) is 0 Å². The summed E-state index contributed by atoms with van der Waals surface area (Å²) < 4.78 is 0. The first-order valence-corrected chi connectivity index (χ1v) is 6.55. The minimum Gasteiger partial charge on any atom is -0.548 e. The lowest BCUT2D eigenvalue weighted by atomic mass is 10.0. The Kier molecular flexibility index (Phi) is 6.35. The number of carbonyl (C=O) groups excluding carboxylic acids is 3. The Balaban J connectivity index is 2.76. The highest BCUT2D eigenvalue weighted by molar-refractivity contribution is 5.90. The van der Waals surface area contributed by atoms with E-state index in [1.54, 1.807) is 6.92 Å². The fourth-order valence-corrected chi connectivity index (χ4v) is 1.66.